The Hall–Kier alpha value is -1.61. The van der Waals surface area contributed by atoms with E-state index < -0.39 is 8.80 Å². The molecule has 0 radical (unpaired) electrons. The number of ether oxygens (including phenoxy) is 1. The van der Waals surface area contributed by atoms with Crippen LogP contribution in [-0.4, -0.2) is 15.9 Å². The Balaban J connectivity index is 1.60. The van der Waals surface area contributed by atoms with Crippen molar-refractivity contribution in [3.8, 4) is 16.9 Å². The second kappa shape index (κ2) is 9.36. The fourth-order valence-corrected chi connectivity index (χ4v) is 7.74. The van der Waals surface area contributed by atoms with Crippen molar-refractivity contribution in [1.29, 1.82) is 0 Å². The van der Waals surface area contributed by atoms with Crippen LogP contribution in [0.5, 0.6) is 5.75 Å². The molecule has 0 saturated carbocycles. The van der Waals surface area contributed by atoms with Crippen molar-refractivity contribution in [2.24, 2.45) is 0 Å². The molecule has 0 bridgehead atoms. The fraction of sp³-hybridized carbons (Fsp3) is 0.478. The summed E-state index contributed by atoms with van der Waals surface area (Å²) in [5, 5.41) is 0. The summed E-state index contributed by atoms with van der Waals surface area (Å²) >= 11 is 0. The second-order valence-corrected chi connectivity index (χ2v) is 11.1. The number of hydrogen-bond acceptors (Lipinski definition) is 1. The Labute approximate surface area is 159 Å². The van der Waals surface area contributed by atoms with E-state index in [0.717, 1.165) is 5.56 Å². The molecule has 0 atom stereocenters. The average molecular weight is 371 g/mol. The van der Waals surface area contributed by atoms with Crippen LogP contribution in [0, 0.1) is 5.82 Å². The van der Waals surface area contributed by atoms with E-state index in [-0.39, 0.29) is 5.82 Å². The van der Waals surface area contributed by atoms with Gasteiger partial charge in [0.05, 0.1) is 7.11 Å². The molecule has 0 N–H and O–H groups in total. The highest BCUT2D eigenvalue weighted by Crippen LogP contribution is 2.36. The van der Waals surface area contributed by atoms with Gasteiger partial charge in [0.2, 0.25) is 0 Å². The van der Waals surface area contributed by atoms with Gasteiger partial charge in [-0.2, -0.15) is 0 Å². The number of halogens is 1. The molecule has 1 nitrogen and oxygen atoms in total. The fourth-order valence-electron chi connectivity index (χ4n) is 4.26. The third-order valence-corrected chi connectivity index (χ3v) is 9.46. The number of benzene rings is 2. The molecule has 0 aromatic heterocycles. The summed E-state index contributed by atoms with van der Waals surface area (Å²) in [6.45, 7) is 2.29. The van der Waals surface area contributed by atoms with Gasteiger partial charge in [-0.05, 0) is 42.0 Å². The molecule has 1 fully saturated rings. The van der Waals surface area contributed by atoms with Crippen LogP contribution < -0.4 is 4.74 Å². The van der Waals surface area contributed by atoms with Crippen LogP contribution in [0.15, 0.2) is 42.5 Å². The molecule has 1 saturated heterocycles. The molecule has 2 aromatic rings. The molecule has 0 aliphatic carbocycles. The largest absolute Gasteiger partial charge is 0.497 e. The molecule has 0 amide bonds. The van der Waals surface area contributed by atoms with Crippen molar-refractivity contribution in [1.82, 2.24) is 0 Å². The first-order valence-corrected chi connectivity index (χ1v) is 12.6. The Morgan fingerprint density at radius 3 is 2.38 bits per heavy atom. The standard InChI is InChI=1S/C23H31FOSi/c1-3-4-5-14-26-15-12-19(13-16-26)18-6-8-20(9-7-18)22-11-10-21(25-2)17-23(22)24/h6-11,17,19,26H,3-5,12-16H2,1-2H3/t19-,26-. The lowest BCUT2D eigenvalue weighted by molar-refractivity contribution is 0.411. The first kappa shape index (κ1) is 19.2. The van der Waals surface area contributed by atoms with E-state index in [0.29, 0.717) is 17.2 Å². The van der Waals surface area contributed by atoms with Gasteiger partial charge in [0.25, 0.3) is 0 Å². The number of rotatable bonds is 7. The average Bonchev–Trinajstić information content (AvgIpc) is 2.69. The van der Waals surface area contributed by atoms with Crippen molar-refractivity contribution in [3.63, 3.8) is 0 Å². The molecule has 0 spiro atoms. The van der Waals surface area contributed by atoms with E-state index >= 15 is 0 Å². The van der Waals surface area contributed by atoms with Gasteiger partial charge >= 0.3 is 0 Å². The zero-order valence-corrected chi connectivity index (χ0v) is 17.3. The van der Waals surface area contributed by atoms with Gasteiger partial charge in [0, 0.05) is 20.4 Å². The van der Waals surface area contributed by atoms with Crippen LogP contribution in [0.25, 0.3) is 11.1 Å². The van der Waals surface area contributed by atoms with Gasteiger partial charge in [-0.1, -0.05) is 68.6 Å². The first-order chi connectivity index (χ1) is 12.7. The molecule has 1 aliphatic rings. The van der Waals surface area contributed by atoms with Gasteiger partial charge < -0.3 is 4.74 Å². The summed E-state index contributed by atoms with van der Waals surface area (Å²) in [7, 11) is 1.11. The van der Waals surface area contributed by atoms with Crippen LogP contribution in [0.4, 0.5) is 4.39 Å². The molecule has 2 aromatic carbocycles. The third kappa shape index (κ3) is 4.76. The molecule has 26 heavy (non-hydrogen) atoms. The maximum Gasteiger partial charge on any atom is 0.134 e. The smallest absolute Gasteiger partial charge is 0.134 e. The lowest BCUT2D eigenvalue weighted by atomic mass is 9.92. The van der Waals surface area contributed by atoms with E-state index in [1.54, 1.807) is 19.2 Å². The summed E-state index contributed by atoms with van der Waals surface area (Å²) in [4.78, 5) is 0. The zero-order valence-electron chi connectivity index (χ0n) is 16.1. The minimum absolute atomic E-state index is 0.226. The molecule has 3 rings (SSSR count). The Morgan fingerprint density at radius 1 is 1.04 bits per heavy atom. The molecule has 0 unspecified atom stereocenters. The monoisotopic (exact) mass is 370 g/mol. The lowest BCUT2D eigenvalue weighted by Crippen LogP contribution is -2.20. The minimum Gasteiger partial charge on any atom is -0.497 e. The maximum atomic E-state index is 14.3. The van der Waals surface area contributed by atoms with Gasteiger partial charge in [-0.3, -0.25) is 0 Å². The van der Waals surface area contributed by atoms with Gasteiger partial charge in [-0.25, -0.2) is 4.39 Å². The van der Waals surface area contributed by atoms with Crippen molar-refractivity contribution >= 4 is 8.80 Å². The summed E-state index contributed by atoms with van der Waals surface area (Å²) in [5.41, 5.74) is 3.02. The molecule has 1 heterocycles. The topological polar surface area (TPSA) is 9.23 Å². The van der Waals surface area contributed by atoms with Crippen molar-refractivity contribution in [2.45, 2.75) is 63.1 Å². The Kier molecular flexibility index (Phi) is 6.90. The third-order valence-electron chi connectivity index (χ3n) is 5.93. The highest BCUT2D eigenvalue weighted by atomic mass is 28.3. The van der Waals surface area contributed by atoms with Crippen LogP contribution in [0.2, 0.25) is 18.1 Å². The van der Waals surface area contributed by atoms with E-state index in [1.165, 1.54) is 55.8 Å². The molecular formula is C23H31FOSi. The minimum atomic E-state index is -0.455. The van der Waals surface area contributed by atoms with Gasteiger partial charge in [0.1, 0.15) is 11.6 Å². The maximum absolute atomic E-state index is 14.3. The molecular weight excluding hydrogens is 339 g/mol. The second-order valence-electron chi connectivity index (χ2n) is 7.68. The van der Waals surface area contributed by atoms with Gasteiger partial charge in [0.15, 0.2) is 0 Å². The quantitative estimate of drug-likeness (QED) is 0.385. The van der Waals surface area contributed by atoms with Crippen molar-refractivity contribution < 1.29 is 9.13 Å². The number of hydrogen-bond donors (Lipinski definition) is 0. The SMILES string of the molecule is CCCCC[Si@H]1CC[C@H](c2ccc(-c3ccc(OC)cc3F)cc2)CC1. The Morgan fingerprint density at radius 2 is 1.77 bits per heavy atom. The summed E-state index contributed by atoms with van der Waals surface area (Å²) in [6.07, 6.45) is 6.93. The van der Waals surface area contributed by atoms with Crippen LogP contribution in [-0.2, 0) is 0 Å². The van der Waals surface area contributed by atoms with Crippen LogP contribution in [0.3, 0.4) is 0 Å². The normalized spacial score (nSPS) is 20.1. The first-order valence-electron chi connectivity index (χ1n) is 10.1. The predicted molar refractivity (Wildman–Crippen MR) is 111 cm³/mol. The summed E-state index contributed by atoms with van der Waals surface area (Å²) < 4.78 is 19.4. The van der Waals surface area contributed by atoms with Crippen LogP contribution >= 0.6 is 0 Å². The van der Waals surface area contributed by atoms with Crippen molar-refractivity contribution in [2.75, 3.05) is 7.11 Å². The highest BCUT2D eigenvalue weighted by Gasteiger charge is 2.23. The highest BCUT2D eigenvalue weighted by molar-refractivity contribution is 6.59. The summed E-state index contributed by atoms with van der Waals surface area (Å²) in [6, 6.07) is 18.2. The number of unbranched alkanes of at least 4 members (excludes halogenated alkanes) is 2. The molecule has 1 aliphatic heterocycles. The van der Waals surface area contributed by atoms with Crippen molar-refractivity contribution in [3.05, 3.63) is 53.8 Å². The van der Waals surface area contributed by atoms with E-state index in [9.17, 15) is 4.39 Å². The lowest BCUT2D eigenvalue weighted by Gasteiger charge is -2.28. The zero-order chi connectivity index (χ0) is 18.4. The Bertz CT molecular complexity index is 690. The number of methoxy groups -OCH3 is 1. The molecule has 3 heteroatoms. The van der Waals surface area contributed by atoms with Gasteiger partial charge in [-0.15, -0.1) is 0 Å². The molecule has 140 valence electrons. The van der Waals surface area contributed by atoms with E-state index in [4.69, 9.17) is 4.74 Å². The van der Waals surface area contributed by atoms with Crippen LogP contribution in [0.1, 0.15) is 50.5 Å². The summed E-state index contributed by atoms with van der Waals surface area (Å²) in [5.74, 6) is 1.04. The van der Waals surface area contributed by atoms with E-state index in [1.807, 2.05) is 6.07 Å². The predicted octanol–water partition coefficient (Wildman–Crippen LogP) is 6.80. The van der Waals surface area contributed by atoms with E-state index in [2.05, 4.69) is 31.2 Å².